The van der Waals surface area contributed by atoms with Crippen LogP contribution in [0.1, 0.15) is 6.92 Å². The van der Waals surface area contributed by atoms with E-state index in [-0.39, 0.29) is 12.7 Å². The van der Waals surface area contributed by atoms with Crippen LogP contribution in [0.3, 0.4) is 0 Å². The zero-order chi connectivity index (χ0) is 7.11. The van der Waals surface area contributed by atoms with Gasteiger partial charge >= 0.3 is 0 Å². The molecule has 1 unspecified atom stereocenters. The molecule has 1 atom stereocenters. The Balaban J connectivity index is 2.95. The molecule has 0 saturated carbocycles. The molecule has 0 aliphatic carbocycles. The second-order valence-corrected chi connectivity index (χ2v) is 1.74. The Morgan fingerprint density at radius 2 is 2.33 bits per heavy atom. The van der Waals surface area contributed by atoms with Crippen LogP contribution in [0.2, 0.25) is 0 Å². The lowest BCUT2D eigenvalue weighted by molar-refractivity contribution is 0.00206. The van der Waals surface area contributed by atoms with Crippen molar-refractivity contribution in [3.05, 3.63) is 7.11 Å². The first-order valence-electron chi connectivity index (χ1n) is 2.85. The standard InChI is InChI=1S/C6H12O3/c1-6(5-8-2)9-4-3-7/h2,6-7H,3-5H2,1H3. The van der Waals surface area contributed by atoms with E-state index < -0.39 is 0 Å². The minimum absolute atomic E-state index is 0.0366. The molecule has 0 fully saturated rings. The Labute approximate surface area is 55.6 Å². The molecule has 2 radical (unpaired) electrons. The Morgan fingerprint density at radius 1 is 1.67 bits per heavy atom. The SMILES string of the molecule is [CH]OCC(C)OCCO. The molecule has 0 bridgehead atoms. The summed E-state index contributed by atoms with van der Waals surface area (Å²) in [6, 6.07) is 0. The van der Waals surface area contributed by atoms with Crippen LogP contribution in [0.4, 0.5) is 0 Å². The largest absolute Gasteiger partial charge is 0.394 e. The molecule has 9 heavy (non-hydrogen) atoms. The maximum atomic E-state index is 8.29. The fourth-order valence-corrected chi connectivity index (χ4v) is 0.438. The first kappa shape index (κ1) is 8.88. The first-order chi connectivity index (χ1) is 4.31. The lowest BCUT2D eigenvalue weighted by Gasteiger charge is -2.09. The maximum Gasteiger partial charge on any atom is 0.115 e. The molecule has 0 aromatic rings. The van der Waals surface area contributed by atoms with Crippen molar-refractivity contribution in [2.75, 3.05) is 19.8 Å². The monoisotopic (exact) mass is 132 g/mol. The van der Waals surface area contributed by atoms with E-state index in [2.05, 4.69) is 4.74 Å². The van der Waals surface area contributed by atoms with Gasteiger partial charge in [-0.3, -0.25) is 0 Å². The quantitative estimate of drug-likeness (QED) is 0.575. The summed E-state index contributed by atoms with van der Waals surface area (Å²) in [7, 11) is 4.76. The topological polar surface area (TPSA) is 38.7 Å². The number of aliphatic hydroxyl groups is 1. The predicted molar refractivity (Wildman–Crippen MR) is 32.8 cm³/mol. The van der Waals surface area contributed by atoms with Gasteiger partial charge in [0.2, 0.25) is 0 Å². The molecule has 0 amide bonds. The van der Waals surface area contributed by atoms with Gasteiger partial charge in [-0.05, 0) is 6.92 Å². The second kappa shape index (κ2) is 6.01. The molecule has 0 rings (SSSR count). The van der Waals surface area contributed by atoms with E-state index in [0.29, 0.717) is 13.2 Å². The molecule has 0 aromatic heterocycles. The Kier molecular flexibility index (Phi) is 5.93. The molecular formula is C6H12O3. The van der Waals surface area contributed by atoms with E-state index in [1.165, 1.54) is 0 Å². The highest BCUT2D eigenvalue weighted by Crippen LogP contribution is 1.89. The molecule has 0 aliphatic heterocycles. The van der Waals surface area contributed by atoms with Crippen molar-refractivity contribution in [1.29, 1.82) is 0 Å². The first-order valence-corrected chi connectivity index (χ1v) is 2.85. The molecule has 0 saturated heterocycles. The molecule has 3 heteroatoms. The summed E-state index contributed by atoms with van der Waals surface area (Å²) in [5.74, 6) is 0. The van der Waals surface area contributed by atoms with Crippen LogP contribution in [-0.4, -0.2) is 31.0 Å². The van der Waals surface area contributed by atoms with Crippen molar-refractivity contribution in [1.82, 2.24) is 0 Å². The van der Waals surface area contributed by atoms with E-state index >= 15 is 0 Å². The summed E-state index contributed by atoms with van der Waals surface area (Å²) < 4.78 is 9.27. The van der Waals surface area contributed by atoms with Gasteiger partial charge in [-0.15, -0.1) is 0 Å². The van der Waals surface area contributed by atoms with Gasteiger partial charge in [0, 0.05) is 0 Å². The summed E-state index contributed by atoms with van der Waals surface area (Å²) >= 11 is 0. The van der Waals surface area contributed by atoms with Crippen molar-refractivity contribution in [2.24, 2.45) is 0 Å². The maximum absolute atomic E-state index is 8.29. The average Bonchev–Trinajstić information content (AvgIpc) is 1.85. The summed E-state index contributed by atoms with van der Waals surface area (Å²) in [6.07, 6.45) is -0.0397. The fourth-order valence-electron chi connectivity index (χ4n) is 0.438. The highest BCUT2D eigenvalue weighted by atomic mass is 16.5. The molecule has 0 aliphatic rings. The third kappa shape index (κ3) is 5.76. The fraction of sp³-hybridized carbons (Fsp3) is 0.833. The van der Waals surface area contributed by atoms with Gasteiger partial charge in [0.15, 0.2) is 0 Å². The van der Waals surface area contributed by atoms with Gasteiger partial charge in [-0.2, -0.15) is 0 Å². The van der Waals surface area contributed by atoms with E-state index in [1.54, 1.807) is 0 Å². The number of aliphatic hydroxyl groups excluding tert-OH is 1. The van der Waals surface area contributed by atoms with Gasteiger partial charge in [0.05, 0.1) is 25.9 Å². The van der Waals surface area contributed by atoms with E-state index in [1.807, 2.05) is 6.92 Å². The lowest BCUT2D eigenvalue weighted by atomic mass is 10.4. The second-order valence-electron chi connectivity index (χ2n) is 1.74. The number of hydrogen-bond donors (Lipinski definition) is 1. The molecule has 1 N–H and O–H groups in total. The highest BCUT2D eigenvalue weighted by Gasteiger charge is 1.98. The van der Waals surface area contributed by atoms with Crippen molar-refractivity contribution >= 4 is 0 Å². The van der Waals surface area contributed by atoms with Crippen molar-refractivity contribution in [3.8, 4) is 0 Å². The molecule has 54 valence electrons. The van der Waals surface area contributed by atoms with Gasteiger partial charge < -0.3 is 14.6 Å². The van der Waals surface area contributed by atoms with Crippen LogP contribution >= 0.6 is 0 Å². The molecule has 0 aromatic carbocycles. The van der Waals surface area contributed by atoms with E-state index in [0.717, 1.165) is 0 Å². The Bertz CT molecular complexity index is 56.3. The molecular weight excluding hydrogens is 120 g/mol. The highest BCUT2D eigenvalue weighted by molar-refractivity contribution is 4.45. The Morgan fingerprint density at radius 3 is 2.78 bits per heavy atom. The van der Waals surface area contributed by atoms with Crippen LogP contribution in [0.5, 0.6) is 0 Å². The molecule has 3 nitrogen and oxygen atoms in total. The minimum atomic E-state index is -0.0397. The van der Waals surface area contributed by atoms with Crippen molar-refractivity contribution in [3.63, 3.8) is 0 Å². The zero-order valence-electron chi connectivity index (χ0n) is 5.54. The van der Waals surface area contributed by atoms with Gasteiger partial charge in [0.1, 0.15) is 7.11 Å². The number of hydrogen-bond acceptors (Lipinski definition) is 3. The Hall–Kier alpha value is -0.120. The minimum Gasteiger partial charge on any atom is -0.394 e. The van der Waals surface area contributed by atoms with Crippen LogP contribution in [0, 0.1) is 7.11 Å². The van der Waals surface area contributed by atoms with Crippen LogP contribution in [0.25, 0.3) is 0 Å². The molecule has 0 spiro atoms. The van der Waals surface area contributed by atoms with Crippen LogP contribution in [0.15, 0.2) is 0 Å². The lowest BCUT2D eigenvalue weighted by Crippen LogP contribution is -2.16. The number of ether oxygens (including phenoxy) is 2. The van der Waals surface area contributed by atoms with Crippen LogP contribution in [-0.2, 0) is 9.47 Å². The third-order valence-electron chi connectivity index (χ3n) is 0.825. The number of rotatable bonds is 5. The van der Waals surface area contributed by atoms with E-state index in [4.69, 9.17) is 17.0 Å². The van der Waals surface area contributed by atoms with Gasteiger partial charge in [-0.1, -0.05) is 0 Å². The van der Waals surface area contributed by atoms with Gasteiger partial charge in [-0.25, -0.2) is 0 Å². The summed E-state index contributed by atoms with van der Waals surface area (Å²) in [5, 5.41) is 8.29. The summed E-state index contributed by atoms with van der Waals surface area (Å²) in [6.45, 7) is 2.56. The predicted octanol–water partition coefficient (Wildman–Crippen LogP) is 0.0690. The molecule has 0 heterocycles. The average molecular weight is 132 g/mol. The van der Waals surface area contributed by atoms with E-state index in [9.17, 15) is 0 Å². The summed E-state index contributed by atoms with van der Waals surface area (Å²) in [5.41, 5.74) is 0. The smallest absolute Gasteiger partial charge is 0.115 e. The van der Waals surface area contributed by atoms with Gasteiger partial charge in [0.25, 0.3) is 0 Å². The van der Waals surface area contributed by atoms with Crippen molar-refractivity contribution in [2.45, 2.75) is 13.0 Å². The van der Waals surface area contributed by atoms with Crippen molar-refractivity contribution < 1.29 is 14.6 Å². The van der Waals surface area contributed by atoms with Crippen LogP contribution < -0.4 is 0 Å². The zero-order valence-corrected chi connectivity index (χ0v) is 5.54. The normalized spacial score (nSPS) is 13.7. The summed E-state index contributed by atoms with van der Waals surface area (Å²) in [4.78, 5) is 0. The third-order valence-corrected chi connectivity index (χ3v) is 0.825.